The summed E-state index contributed by atoms with van der Waals surface area (Å²) in [6.07, 6.45) is 5.47. The van der Waals surface area contributed by atoms with E-state index in [-0.39, 0.29) is 36.9 Å². The maximum atomic E-state index is 11.9. The molecule has 106 valence electrons. The summed E-state index contributed by atoms with van der Waals surface area (Å²) in [5.41, 5.74) is 0. The van der Waals surface area contributed by atoms with E-state index >= 15 is 0 Å². The number of nitrogens with one attached hydrogen (secondary N) is 2. The van der Waals surface area contributed by atoms with Gasteiger partial charge in [0.1, 0.15) is 6.54 Å². The third kappa shape index (κ3) is 3.53. The molecule has 6 nitrogen and oxygen atoms in total. The van der Waals surface area contributed by atoms with Gasteiger partial charge >= 0.3 is 0 Å². The molecule has 0 spiro atoms. The Morgan fingerprint density at radius 1 is 1.32 bits per heavy atom. The van der Waals surface area contributed by atoms with Crippen LogP contribution in [0.4, 0.5) is 0 Å². The highest BCUT2D eigenvalue weighted by molar-refractivity contribution is 6.03. The first-order chi connectivity index (χ1) is 9.08. The summed E-state index contributed by atoms with van der Waals surface area (Å²) in [4.78, 5) is 36.4. The van der Waals surface area contributed by atoms with Crippen LogP contribution in [0.15, 0.2) is 0 Å². The van der Waals surface area contributed by atoms with Gasteiger partial charge in [-0.2, -0.15) is 0 Å². The van der Waals surface area contributed by atoms with E-state index in [9.17, 15) is 14.4 Å². The molecule has 1 atom stereocenters. The fourth-order valence-corrected chi connectivity index (χ4v) is 2.61. The van der Waals surface area contributed by atoms with Gasteiger partial charge in [0, 0.05) is 6.04 Å². The second-order valence-corrected chi connectivity index (χ2v) is 5.32. The van der Waals surface area contributed by atoms with Crippen LogP contribution in [-0.2, 0) is 14.4 Å². The predicted octanol–water partition coefficient (Wildman–Crippen LogP) is -0.218. The molecule has 0 radical (unpaired) electrons. The topological polar surface area (TPSA) is 78.5 Å². The van der Waals surface area contributed by atoms with Crippen molar-refractivity contribution in [2.75, 3.05) is 13.1 Å². The summed E-state index contributed by atoms with van der Waals surface area (Å²) in [7, 11) is 0. The number of rotatable bonds is 3. The molecule has 1 saturated carbocycles. The number of hydrogen-bond donors (Lipinski definition) is 2. The summed E-state index contributed by atoms with van der Waals surface area (Å²) in [6.45, 7) is 1.66. The maximum Gasteiger partial charge on any atom is 0.246 e. The minimum Gasteiger partial charge on any atom is -0.352 e. The average Bonchev–Trinajstić information content (AvgIpc) is 2.40. The Morgan fingerprint density at radius 3 is 2.68 bits per heavy atom. The number of carbonyl (C=O) groups excluding carboxylic acids is 3. The highest BCUT2D eigenvalue weighted by Gasteiger charge is 2.32. The van der Waals surface area contributed by atoms with Crippen LogP contribution >= 0.6 is 0 Å². The van der Waals surface area contributed by atoms with Gasteiger partial charge < -0.3 is 5.32 Å². The summed E-state index contributed by atoms with van der Waals surface area (Å²) in [6, 6.07) is -0.202. The Labute approximate surface area is 112 Å². The van der Waals surface area contributed by atoms with Crippen LogP contribution in [0.1, 0.15) is 39.0 Å². The van der Waals surface area contributed by atoms with Crippen molar-refractivity contribution in [3.05, 3.63) is 0 Å². The molecule has 1 aliphatic heterocycles. The molecule has 0 bridgehead atoms. The third-order valence-electron chi connectivity index (χ3n) is 3.77. The van der Waals surface area contributed by atoms with Crippen molar-refractivity contribution in [1.29, 1.82) is 0 Å². The van der Waals surface area contributed by atoms with Gasteiger partial charge in [0.2, 0.25) is 17.7 Å². The zero-order chi connectivity index (χ0) is 13.8. The van der Waals surface area contributed by atoms with Crippen LogP contribution in [0.2, 0.25) is 0 Å². The molecule has 2 rings (SSSR count). The Kier molecular flexibility index (Phi) is 4.52. The molecule has 2 fully saturated rings. The molecule has 0 aromatic carbocycles. The lowest BCUT2D eigenvalue weighted by Crippen LogP contribution is -2.59. The third-order valence-corrected chi connectivity index (χ3v) is 3.77. The normalized spacial score (nSPS) is 25.5. The van der Waals surface area contributed by atoms with E-state index in [0.717, 1.165) is 30.6 Å². The first-order valence-corrected chi connectivity index (χ1v) is 6.95. The van der Waals surface area contributed by atoms with Crippen molar-refractivity contribution < 1.29 is 14.4 Å². The van der Waals surface area contributed by atoms with Crippen molar-refractivity contribution in [1.82, 2.24) is 15.5 Å². The average molecular weight is 267 g/mol. The lowest BCUT2D eigenvalue weighted by atomic mass is 9.95. The summed E-state index contributed by atoms with van der Waals surface area (Å²) < 4.78 is 0. The van der Waals surface area contributed by atoms with E-state index in [0.29, 0.717) is 0 Å². The predicted molar refractivity (Wildman–Crippen MR) is 69.2 cm³/mol. The molecule has 3 amide bonds. The SMILES string of the molecule is CC1NCC(=O)N(CC(=O)NC2CCCCC2)C1=O. The molecule has 1 saturated heterocycles. The molecular weight excluding hydrogens is 246 g/mol. The number of imide groups is 1. The van der Waals surface area contributed by atoms with Gasteiger partial charge in [0.25, 0.3) is 0 Å². The number of carbonyl (C=O) groups is 3. The lowest BCUT2D eigenvalue weighted by molar-refractivity contribution is -0.151. The fraction of sp³-hybridized carbons (Fsp3) is 0.769. The van der Waals surface area contributed by atoms with Crippen molar-refractivity contribution in [3.63, 3.8) is 0 Å². The van der Waals surface area contributed by atoms with E-state index < -0.39 is 6.04 Å². The van der Waals surface area contributed by atoms with Crippen LogP contribution in [-0.4, -0.2) is 47.8 Å². The smallest absolute Gasteiger partial charge is 0.246 e. The van der Waals surface area contributed by atoms with Gasteiger partial charge in [-0.05, 0) is 19.8 Å². The first kappa shape index (κ1) is 14.0. The zero-order valence-corrected chi connectivity index (χ0v) is 11.3. The number of amides is 3. The van der Waals surface area contributed by atoms with Crippen LogP contribution in [0.25, 0.3) is 0 Å². The van der Waals surface area contributed by atoms with Gasteiger partial charge in [-0.3, -0.25) is 24.6 Å². The highest BCUT2D eigenvalue weighted by atomic mass is 16.2. The number of nitrogens with zero attached hydrogens (tertiary/aromatic N) is 1. The van der Waals surface area contributed by atoms with E-state index in [1.807, 2.05) is 0 Å². The highest BCUT2D eigenvalue weighted by Crippen LogP contribution is 2.17. The summed E-state index contributed by atoms with van der Waals surface area (Å²) in [5, 5.41) is 5.71. The fourth-order valence-electron chi connectivity index (χ4n) is 2.61. The van der Waals surface area contributed by atoms with E-state index in [4.69, 9.17) is 0 Å². The van der Waals surface area contributed by atoms with Crippen molar-refractivity contribution in [3.8, 4) is 0 Å². The minimum absolute atomic E-state index is 0.115. The molecule has 1 heterocycles. The Bertz CT molecular complexity index is 377. The van der Waals surface area contributed by atoms with Crippen LogP contribution in [0, 0.1) is 0 Å². The van der Waals surface area contributed by atoms with E-state index in [1.165, 1.54) is 6.42 Å². The second-order valence-electron chi connectivity index (χ2n) is 5.32. The van der Waals surface area contributed by atoms with E-state index in [2.05, 4.69) is 10.6 Å². The van der Waals surface area contributed by atoms with Crippen LogP contribution in [0.3, 0.4) is 0 Å². The summed E-state index contributed by atoms with van der Waals surface area (Å²) in [5.74, 6) is -0.889. The summed E-state index contributed by atoms with van der Waals surface area (Å²) >= 11 is 0. The first-order valence-electron chi connectivity index (χ1n) is 6.95. The van der Waals surface area contributed by atoms with Crippen LogP contribution in [0.5, 0.6) is 0 Å². The Hall–Kier alpha value is -1.43. The Morgan fingerprint density at radius 2 is 2.00 bits per heavy atom. The van der Waals surface area contributed by atoms with E-state index in [1.54, 1.807) is 6.92 Å². The van der Waals surface area contributed by atoms with Gasteiger partial charge in [-0.1, -0.05) is 19.3 Å². The Balaban J connectivity index is 1.86. The van der Waals surface area contributed by atoms with Crippen molar-refractivity contribution in [2.45, 2.75) is 51.1 Å². The van der Waals surface area contributed by atoms with Crippen molar-refractivity contribution >= 4 is 17.7 Å². The molecule has 0 aromatic heterocycles. The van der Waals surface area contributed by atoms with Crippen LogP contribution < -0.4 is 10.6 Å². The molecule has 2 aliphatic rings. The monoisotopic (exact) mass is 267 g/mol. The molecule has 0 aromatic rings. The largest absolute Gasteiger partial charge is 0.352 e. The van der Waals surface area contributed by atoms with Gasteiger partial charge in [0.05, 0.1) is 12.6 Å². The van der Waals surface area contributed by atoms with Crippen molar-refractivity contribution in [2.24, 2.45) is 0 Å². The minimum atomic E-state index is -0.403. The van der Waals surface area contributed by atoms with Gasteiger partial charge in [-0.15, -0.1) is 0 Å². The quantitative estimate of drug-likeness (QED) is 0.693. The molecule has 1 unspecified atom stereocenters. The maximum absolute atomic E-state index is 11.9. The molecule has 1 aliphatic carbocycles. The molecule has 19 heavy (non-hydrogen) atoms. The number of hydrogen-bond acceptors (Lipinski definition) is 4. The van der Waals surface area contributed by atoms with Gasteiger partial charge in [0.15, 0.2) is 0 Å². The lowest BCUT2D eigenvalue weighted by Gasteiger charge is -2.30. The molecule has 6 heteroatoms. The standard InChI is InChI=1S/C13H21N3O3/c1-9-13(19)16(12(18)7-14-9)8-11(17)15-10-5-3-2-4-6-10/h9-10,14H,2-8H2,1H3,(H,15,17). The molecule has 2 N–H and O–H groups in total. The zero-order valence-electron chi connectivity index (χ0n) is 11.3. The molecular formula is C13H21N3O3. The van der Waals surface area contributed by atoms with Gasteiger partial charge in [-0.25, -0.2) is 0 Å². The second kappa shape index (κ2) is 6.14. The number of piperazine rings is 1.